The topological polar surface area (TPSA) is 96.1 Å². The Bertz CT molecular complexity index is 1210. The van der Waals surface area contributed by atoms with E-state index in [4.69, 9.17) is 5.73 Å². The van der Waals surface area contributed by atoms with E-state index in [1.165, 1.54) is 28.8 Å². The maximum atomic E-state index is 12.4. The quantitative estimate of drug-likeness (QED) is 0.564. The van der Waals surface area contributed by atoms with E-state index in [2.05, 4.69) is 24.9 Å². The van der Waals surface area contributed by atoms with Crippen molar-refractivity contribution in [3.8, 4) is 28.3 Å². The number of imidazole rings is 1. The van der Waals surface area contributed by atoms with E-state index in [-0.39, 0.29) is 11.7 Å². The van der Waals surface area contributed by atoms with Crippen molar-refractivity contribution in [2.24, 2.45) is 7.05 Å². The zero-order valence-corrected chi connectivity index (χ0v) is 15.7. The molecule has 0 fully saturated rings. The number of anilines is 1. The first kappa shape index (κ1) is 18.7. The predicted molar refractivity (Wildman–Crippen MR) is 99.0 cm³/mol. The van der Waals surface area contributed by atoms with Crippen LogP contribution in [0.15, 0.2) is 30.5 Å². The molecule has 0 amide bonds. The number of aromatic nitrogens is 6. The summed E-state index contributed by atoms with van der Waals surface area (Å²) in [7, 11) is 1.73. The fourth-order valence-corrected chi connectivity index (χ4v) is 3.27. The molecule has 0 radical (unpaired) electrons. The second-order valence-corrected chi connectivity index (χ2v) is 6.43. The number of nitrogen functional groups attached to an aromatic ring is 1. The number of hydrogen-bond donors (Lipinski definition) is 1. The van der Waals surface area contributed by atoms with Crippen molar-refractivity contribution in [1.82, 2.24) is 29.4 Å². The van der Waals surface area contributed by atoms with Crippen LogP contribution in [0.3, 0.4) is 0 Å². The number of rotatable bonds is 3. The molecule has 8 nitrogen and oxygen atoms in total. The van der Waals surface area contributed by atoms with Gasteiger partial charge in [0.15, 0.2) is 0 Å². The third kappa shape index (κ3) is 3.35. The summed E-state index contributed by atoms with van der Waals surface area (Å²) in [4.78, 5) is 8.82. The van der Waals surface area contributed by atoms with Gasteiger partial charge in [-0.3, -0.25) is 4.68 Å². The van der Waals surface area contributed by atoms with Crippen molar-refractivity contribution in [2.75, 3.05) is 5.73 Å². The first-order valence-electron chi connectivity index (χ1n) is 8.52. The fraction of sp³-hybridized carbons (Fsp3) is 0.222. The molecule has 0 saturated heterocycles. The summed E-state index contributed by atoms with van der Waals surface area (Å²) in [5.74, 6) is 0.450. The summed E-state index contributed by atoms with van der Waals surface area (Å²) in [6.07, 6.45) is -3.13. The van der Waals surface area contributed by atoms with Gasteiger partial charge in [-0.25, -0.2) is 9.97 Å². The second-order valence-electron chi connectivity index (χ2n) is 6.43. The van der Waals surface area contributed by atoms with Gasteiger partial charge in [-0.1, -0.05) is 0 Å². The lowest BCUT2D eigenvalue weighted by Crippen LogP contribution is -2.16. The summed E-state index contributed by atoms with van der Waals surface area (Å²) < 4.78 is 44.3. The molecule has 3 aromatic heterocycles. The molecule has 0 bridgehead atoms. The van der Waals surface area contributed by atoms with Crippen LogP contribution in [0.2, 0.25) is 0 Å². The number of halogens is 3. The van der Waals surface area contributed by atoms with Gasteiger partial charge in [-0.15, -0.1) is 18.3 Å². The highest BCUT2D eigenvalue weighted by molar-refractivity contribution is 5.88. The van der Waals surface area contributed by atoms with Crippen LogP contribution in [0.5, 0.6) is 5.75 Å². The zero-order valence-electron chi connectivity index (χ0n) is 15.7. The molecular formula is C18H16F3N7O. The molecule has 0 aliphatic heterocycles. The van der Waals surface area contributed by atoms with Crippen LogP contribution in [-0.2, 0) is 7.05 Å². The average molecular weight is 403 g/mol. The number of hydrogen-bond acceptors (Lipinski definition) is 6. The Morgan fingerprint density at radius 3 is 2.41 bits per heavy atom. The van der Waals surface area contributed by atoms with Gasteiger partial charge >= 0.3 is 6.36 Å². The lowest BCUT2D eigenvalue weighted by molar-refractivity contribution is -0.274. The van der Waals surface area contributed by atoms with Crippen molar-refractivity contribution in [2.45, 2.75) is 20.2 Å². The lowest BCUT2D eigenvalue weighted by Gasteiger charge is -2.10. The molecule has 4 rings (SSSR count). The van der Waals surface area contributed by atoms with E-state index >= 15 is 0 Å². The standard InChI is InChI=1S/C18H16F3N7O/c1-9-15-14(25-17(22)28(15)26-10(2)24-9)13-8-23-27(3)16(13)11-4-6-12(7-5-11)29-18(19,20)21/h4-8H,1-3H3,(H2,22,25). The molecule has 0 aliphatic rings. The molecule has 11 heteroatoms. The maximum Gasteiger partial charge on any atom is 0.573 e. The minimum absolute atomic E-state index is 0.201. The van der Waals surface area contributed by atoms with E-state index in [1.807, 2.05) is 6.92 Å². The van der Waals surface area contributed by atoms with Crippen molar-refractivity contribution in [3.05, 3.63) is 42.0 Å². The molecule has 2 N–H and O–H groups in total. The van der Waals surface area contributed by atoms with Gasteiger partial charge in [0.2, 0.25) is 5.95 Å². The molecule has 0 unspecified atom stereocenters. The SMILES string of the molecule is Cc1nc(C)c2c(-c3cnn(C)c3-c3ccc(OC(F)(F)F)cc3)nc(N)n2n1. The van der Waals surface area contributed by atoms with E-state index in [0.717, 1.165) is 0 Å². The van der Waals surface area contributed by atoms with Crippen LogP contribution in [0, 0.1) is 13.8 Å². The Morgan fingerprint density at radius 1 is 1.07 bits per heavy atom. The van der Waals surface area contributed by atoms with Crippen LogP contribution >= 0.6 is 0 Å². The third-order valence-corrected chi connectivity index (χ3v) is 4.35. The summed E-state index contributed by atoms with van der Waals surface area (Å²) in [6.45, 7) is 3.58. The highest BCUT2D eigenvalue weighted by atomic mass is 19.4. The van der Waals surface area contributed by atoms with Crippen LogP contribution in [0.4, 0.5) is 19.1 Å². The fourth-order valence-electron chi connectivity index (χ4n) is 3.27. The van der Waals surface area contributed by atoms with Crippen LogP contribution in [-0.4, -0.2) is 35.7 Å². The first-order chi connectivity index (χ1) is 13.6. The summed E-state index contributed by atoms with van der Waals surface area (Å²) in [5.41, 5.74) is 9.86. The highest BCUT2D eigenvalue weighted by Gasteiger charge is 2.31. The van der Waals surface area contributed by atoms with E-state index in [0.29, 0.717) is 39.5 Å². The minimum atomic E-state index is -4.75. The Kier molecular flexibility index (Phi) is 4.17. The van der Waals surface area contributed by atoms with Crippen LogP contribution < -0.4 is 10.5 Å². The lowest BCUT2D eigenvalue weighted by atomic mass is 10.0. The molecule has 4 aromatic rings. The summed E-state index contributed by atoms with van der Waals surface area (Å²) >= 11 is 0. The largest absolute Gasteiger partial charge is 0.573 e. The average Bonchev–Trinajstić information content (AvgIpc) is 3.15. The predicted octanol–water partition coefficient (Wildman–Crippen LogP) is 3.29. The van der Waals surface area contributed by atoms with Gasteiger partial charge in [-0.2, -0.15) is 9.61 Å². The van der Waals surface area contributed by atoms with Crippen LogP contribution in [0.1, 0.15) is 11.5 Å². The molecule has 29 heavy (non-hydrogen) atoms. The molecule has 3 heterocycles. The maximum absolute atomic E-state index is 12.4. The molecule has 1 aromatic carbocycles. The van der Waals surface area contributed by atoms with E-state index < -0.39 is 6.36 Å². The number of fused-ring (bicyclic) bond motifs is 1. The number of aryl methyl sites for hydroxylation is 3. The third-order valence-electron chi connectivity index (χ3n) is 4.35. The van der Waals surface area contributed by atoms with Gasteiger partial charge in [-0.05, 0) is 38.1 Å². The normalized spacial score (nSPS) is 11.9. The number of nitrogens with zero attached hydrogens (tertiary/aromatic N) is 6. The highest BCUT2D eigenvalue weighted by Crippen LogP contribution is 2.36. The Morgan fingerprint density at radius 2 is 1.76 bits per heavy atom. The van der Waals surface area contributed by atoms with Crippen molar-refractivity contribution in [3.63, 3.8) is 0 Å². The monoisotopic (exact) mass is 403 g/mol. The smallest absolute Gasteiger partial charge is 0.406 e. The second kappa shape index (κ2) is 6.47. The van der Waals surface area contributed by atoms with Gasteiger partial charge in [0.05, 0.1) is 17.6 Å². The molecular weight excluding hydrogens is 387 g/mol. The number of benzene rings is 1. The Labute approximate surface area is 162 Å². The Balaban J connectivity index is 1.85. The van der Waals surface area contributed by atoms with Crippen LogP contribution in [0.25, 0.3) is 28.0 Å². The molecule has 0 spiro atoms. The first-order valence-corrected chi connectivity index (χ1v) is 8.52. The van der Waals surface area contributed by atoms with Crippen molar-refractivity contribution >= 4 is 11.5 Å². The summed E-state index contributed by atoms with van der Waals surface area (Å²) in [5, 5.41) is 8.59. The molecule has 0 aliphatic carbocycles. The van der Waals surface area contributed by atoms with Gasteiger partial charge < -0.3 is 10.5 Å². The van der Waals surface area contributed by atoms with Crippen molar-refractivity contribution in [1.29, 1.82) is 0 Å². The molecule has 0 saturated carbocycles. The number of ether oxygens (including phenoxy) is 1. The molecule has 0 atom stereocenters. The van der Waals surface area contributed by atoms with E-state index in [1.54, 1.807) is 24.9 Å². The van der Waals surface area contributed by atoms with Gasteiger partial charge in [0, 0.05) is 18.2 Å². The number of alkyl halides is 3. The summed E-state index contributed by atoms with van der Waals surface area (Å²) in [6, 6.07) is 5.54. The van der Waals surface area contributed by atoms with Crippen molar-refractivity contribution < 1.29 is 17.9 Å². The number of nitrogens with two attached hydrogens (primary N) is 1. The Hall–Kier alpha value is -3.63. The zero-order chi connectivity index (χ0) is 20.9. The molecule has 150 valence electrons. The van der Waals surface area contributed by atoms with Gasteiger partial charge in [0.1, 0.15) is 22.8 Å². The van der Waals surface area contributed by atoms with Gasteiger partial charge in [0.25, 0.3) is 0 Å². The minimum Gasteiger partial charge on any atom is -0.406 e. The van der Waals surface area contributed by atoms with E-state index in [9.17, 15) is 13.2 Å².